The number of anilines is 1. The Hall–Kier alpha value is -2.24. The minimum Gasteiger partial charge on any atom is -0.497 e. The second-order valence-corrected chi connectivity index (χ2v) is 4.28. The van der Waals surface area contributed by atoms with Crippen LogP contribution in [0.25, 0.3) is 0 Å². The van der Waals surface area contributed by atoms with Crippen molar-refractivity contribution in [3.8, 4) is 5.75 Å². The summed E-state index contributed by atoms with van der Waals surface area (Å²) < 4.78 is 5.05. The molecule has 0 aromatic heterocycles. The summed E-state index contributed by atoms with van der Waals surface area (Å²) in [6.07, 6.45) is 0. The van der Waals surface area contributed by atoms with E-state index in [2.05, 4.69) is 5.32 Å². The normalized spacial score (nSPS) is 11.5. The Morgan fingerprint density at radius 3 is 2.74 bits per heavy atom. The van der Waals surface area contributed by atoms with Gasteiger partial charge in [-0.15, -0.1) is 0 Å². The smallest absolute Gasteiger partial charge is 0.321 e. The average Bonchev–Trinajstić information content (AvgIpc) is 2.38. The molecule has 2 N–H and O–H groups in total. The van der Waals surface area contributed by atoms with Crippen molar-refractivity contribution >= 4 is 17.7 Å². The number of nitrogens with zero attached hydrogens (tertiary/aromatic N) is 1. The largest absolute Gasteiger partial charge is 0.497 e. The molecule has 6 nitrogen and oxygen atoms in total. The van der Waals surface area contributed by atoms with Gasteiger partial charge in [-0.25, -0.2) is 4.79 Å². The van der Waals surface area contributed by atoms with E-state index in [0.717, 1.165) is 0 Å². The quantitative estimate of drug-likeness (QED) is 0.852. The molecule has 0 saturated heterocycles. The van der Waals surface area contributed by atoms with Gasteiger partial charge in [-0.2, -0.15) is 0 Å². The van der Waals surface area contributed by atoms with E-state index in [1.807, 2.05) is 0 Å². The summed E-state index contributed by atoms with van der Waals surface area (Å²) in [4.78, 5) is 23.9. The van der Waals surface area contributed by atoms with E-state index in [4.69, 9.17) is 9.84 Å². The molecule has 1 rings (SSSR count). The van der Waals surface area contributed by atoms with Crippen molar-refractivity contribution in [3.63, 3.8) is 0 Å². The standard InChI is InChI=1S/C13H18N2O4/c1-9(12(16)17)8-15(2)13(18)14-10-5-4-6-11(7-10)19-3/h4-7,9H,8H2,1-3H3,(H,14,18)(H,16,17). The van der Waals surface area contributed by atoms with E-state index in [-0.39, 0.29) is 12.6 Å². The number of ether oxygens (including phenoxy) is 1. The highest BCUT2D eigenvalue weighted by Crippen LogP contribution is 2.17. The van der Waals surface area contributed by atoms with E-state index < -0.39 is 11.9 Å². The number of aliphatic carboxylic acids is 1. The van der Waals surface area contributed by atoms with E-state index in [9.17, 15) is 9.59 Å². The van der Waals surface area contributed by atoms with Gasteiger partial charge in [0.15, 0.2) is 0 Å². The molecular formula is C13H18N2O4. The third kappa shape index (κ3) is 4.50. The molecule has 1 aromatic carbocycles. The number of carbonyl (C=O) groups excluding carboxylic acids is 1. The van der Waals surface area contributed by atoms with Gasteiger partial charge in [0.2, 0.25) is 0 Å². The highest BCUT2D eigenvalue weighted by molar-refractivity contribution is 5.89. The Morgan fingerprint density at radius 2 is 2.16 bits per heavy atom. The lowest BCUT2D eigenvalue weighted by Gasteiger charge is -2.20. The number of methoxy groups -OCH3 is 1. The van der Waals surface area contributed by atoms with Gasteiger partial charge in [-0.05, 0) is 12.1 Å². The molecule has 6 heteroatoms. The van der Waals surface area contributed by atoms with Gasteiger partial charge in [0.05, 0.1) is 13.0 Å². The molecule has 1 aromatic rings. The fraction of sp³-hybridized carbons (Fsp3) is 0.385. The van der Waals surface area contributed by atoms with Gasteiger partial charge in [-0.3, -0.25) is 4.79 Å². The van der Waals surface area contributed by atoms with Crippen LogP contribution in [-0.4, -0.2) is 42.7 Å². The average molecular weight is 266 g/mol. The number of benzene rings is 1. The first kappa shape index (κ1) is 14.8. The van der Waals surface area contributed by atoms with E-state index in [1.165, 1.54) is 4.90 Å². The lowest BCUT2D eigenvalue weighted by atomic mass is 10.2. The van der Waals surface area contributed by atoms with Crippen LogP contribution in [-0.2, 0) is 4.79 Å². The van der Waals surface area contributed by atoms with Crippen molar-refractivity contribution in [2.75, 3.05) is 26.0 Å². The number of nitrogens with one attached hydrogen (secondary N) is 1. The Bertz CT molecular complexity index is 462. The molecule has 104 valence electrons. The highest BCUT2D eigenvalue weighted by atomic mass is 16.5. The summed E-state index contributed by atoms with van der Waals surface area (Å²) in [7, 11) is 3.09. The third-order valence-corrected chi connectivity index (χ3v) is 2.64. The van der Waals surface area contributed by atoms with Crippen LogP contribution in [0, 0.1) is 5.92 Å². The highest BCUT2D eigenvalue weighted by Gasteiger charge is 2.17. The fourth-order valence-corrected chi connectivity index (χ4v) is 1.49. The number of rotatable bonds is 5. The molecule has 0 heterocycles. The predicted octanol–water partition coefficient (Wildman–Crippen LogP) is 1.88. The van der Waals surface area contributed by atoms with Crippen LogP contribution >= 0.6 is 0 Å². The zero-order valence-corrected chi connectivity index (χ0v) is 11.2. The molecule has 0 aliphatic rings. The Kier molecular flexibility index (Phi) is 5.17. The first-order valence-corrected chi connectivity index (χ1v) is 5.83. The zero-order chi connectivity index (χ0) is 14.4. The van der Waals surface area contributed by atoms with Crippen molar-refractivity contribution in [1.29, 1.82) is 0 Å². The lowest BCUT2D eigenvalue weighted by Crippen LogP contribution is -2.36. The number of hydrogen-bond donors (Lipinski definition) is 2. The second-order valence-electron chi connectivity index (χ2n) is 4.28. The molecule has 0 fully saturated rings. The van der Waals surface area contributed by atoms with Crippen molar-refractivity contribution in [2.45, 2.75) is 6.92 Å². The Morgan fingerprint density at radius 1 is 1.47 bits per heavy atom. The SMILES string of the molecule is COc1cccc(NC(=O)N(C)CC(C)C(=O)O)c1. The number of carboxylic acid groups (broad SMARTS) is 1. The molecule has 2 amide bonds. The molecule has 0 bridgehead atoms. The van der Waals surface area contributed by atoms with E-state index >= 15 is 0 Å². The number of hydrogen-bond acceptors (Lipinski definition) is 3. The molecule has 0 saturated carbocycles. The molecule has 0 aliphatic heterocycles. The first-order chi connectivity index (χ1) is 8.93. The van der Waals surface area contributed by atoms with Crippen molar-refractivity contribution in [2.24, 2.45) is 5.92 Å². The van der Waals surface area contributed by atoms with Gasteiger partial charge in [-0.1, -0.05) is 13.0 Å². The van der Waals surface area contributed by atoms with Gasteiger partial charge < -0.3 is 20.1 Å². The molecule has 0 radical (unpaired) electrons. The van der Waals surface area contributed by atoms with Crippen LogP contribution < -0.4 is 10.1 Å². The maximum atomic E-state index is 11.9. The fourth-order valence-electron chi connectivity index (χ4n) is 1.49. The van der Waals surface area contributed by atoms with Gasteiger partial charge in [0, 0.05) is 25.3 Å². The maximum absolute atomic E-state index is 11.9. The third-order valence-electron chi connectivity index (χ3n) is 2.64. The summed E-state index contributed by atoms with van der Waals surface area (Å²) in [5.74, 6) is -0.901. The minimum atomic E-state index is -0.930. The van der Waals surface area contributed by atoms with Crippen LogP contribution in [0.5, 0.6) is 5.75 Å². The summed E-state index contributed by atoms with van der Waals surface area (Å²) in [5.41, 5.74) is 0.596. The summed E-state index contributed by atoms with van der Waals surface area (Å²) in [6.45, 7) is 1.70. The van der Waals surface area contributed by atoms with Crippen LogP contribution in [0.4, 0.5) is 10.5 Å². The van der Waals surface area contributed by atoms with E-state index in [0.29, 0.717) is 11.4 Å². The number of urea groups is 1. The number of carboxylic acids is 1. The first-order valence-electron chi connectivity index (χ1n) is 5.83. The monoisotopic (exact) mass is 266 g/mol. The van der Waals surface area contributed by atoms with Gasteiger partial charge in [0.1, 0.15) is 5.75 Å². The summed E-state index contributed by atoms with van der Waals surface area (Å²) in [5, 5.41) is 11.5. The van der Waals surface area contributed by atoms with Gasteiger partial charge in [0.25, 0.3) is 0 Å². The van der Waals surface area contributed by atoms with Crippen LogP contribution in [0.2, 0.25) is 0 Å². The second kappa shape index (κ2) is 6.63. The maximum Gasteiger partial charge on any atom is 0.321 e. The van der Waals surface area contributed by atoms with Gasteiger partial charge >= 0.3 is 12.0 Å². The van der Waals surface area contributed by atoms with Crippen molar-refractivity contribution in [3.05, 3.63) is 24.3 Å². The number of amides is 2. The molecule has 1 unspecified atom stereocenters. The van der Waals surface area contributed by atoms with Crippen LogP contribution in [0.3, 0.4) is 0 Å². The van der Waals surface area contributed by atoms with E-state index in [1.54, 1.807) is 45.3 Å². The van der Waals surface area contributed by atoms with Crippen LogP contribution in [0.15, 0.2) is 24.3 Å². The van der Waals surface area contributed by atoms with Crippen molar-refractivity contribution in [1.82, 2.24) is 4.90 Å². The van der Waals surface area contributed by atoms with Crippen molar-refractivity contribution < 1.29 is 19.4 Å². The lowest BCUT2D eigenvalue weighted by molar-refractivity contribution is -0.141. The number of carbonyl (C=O) groups is 2. The molecule has 0 spiro atoms. The minimum absolute atomic E-state index is 0.144. The molecule has 0 aliphatic carbocycles. The van der Waals surface area contributed by atoms with Crippen LogP contribution in [0.1, 0.15) is 6.92 Å². The topological polar surface area (TPSA) is 78.9 Å². The summed E-state index contributed by atoms with van der Waals surface area (Å²) >= 11 is 0. The Labute approximate surface area is 112 Å². The summed E-state index contributed by atoms with van der Waals surface area (Å²) in [6, 6.07) is 6.59. The molecular weight excluding hydrogens is 248 g/mol. The predicted molar refractivity (Wildman–Crippen MR) is 71.4 cm³/mol. The molecule has 1 atom stereocenters. The molecule has 19 heavy (non-hydrogen) atoms. The zero-order valence-electron chi connectivity index (χ0n) is 11.2. The Balaban J connectivity index is 2.60.